The highest BCUT2D eigenvalue weighted by molar-refractivity contribution is 5.94. The minimum atomic E-state index is -0.660. The van der Waals surface area contributed by atoms with Crippen LogP contribution in [-0.4, -0.2) is 45.3 Å². The molecule has 3 N–H and O–H groups in total. The van der Waals surface area contributed by atoms with E-state index in [-0.39, 0.29) is 24.0 Å². The Hall–Kier alpha value is -3.23. The molecule has 1 aliphatic heterocycles. The van der Waals surface area contributed by atoms with E-state index in [0.29, 0.717) is 25.9 Å². The lowest BCUT2D eigenvalue weighted by Gasteiger charge is -2.19. The van der Waals surface area contributed by atoms with Gasteiger partial charge in [-0.05, 0) is 18.4 Å². The number of hydrogen-bond acceptors (Lipinski definition) is 6. The Labute approximate surface area is 149 Å². The minimum Gasteiger partial charge on any atom is -0.368 e. The monoisotopic (exact) mass is 357 g/mol. The fraction of sp³-hybridized carbons (Fsp3) is 0.353. The fourth-order valence-corrected chi connectivity index (χ4v) is 2.84. The number of carbonyl (C=O) groups is 3. The number of rotatable bonds is 6. The third-order valence-corrected chi connectivity index (χ3v) is 4.14. The molecule has 0 unspecified atom stereocenters. The molecule has 2 heterocycles. The summed E-state index contributed by atoms with van der Waals surface area (Å²) in [5.41, 5.74) is 6.27. The summed E-state index contributed by atoms with van der Waals surface area (Å²) < 4.78 is 4.95. The largest absolute Gasteiger partial charge is 0.368 e. The number of aromatic nitrogens is 2. The summed E-state index contributed by atoms with van der Waals surface area (Å²) in [5.74, 6) is -1.53. The second-order valence-corrected chi connectivity index (χ2v) is 6.01. The van der Waals surface area contributed by atoms with Gasteiger partial charge in [-0.1, -0.05) is 35.5 Å². The molecule has 1 aromatic carbocycles. The van der Waals surface area contributed by atoms with Crippen LogP contribution in [0, 0.1) is 0 Å². The summed E-state index contributed by atoms with van der Waals surface area (Å²) in [5, 5.41) is 6.41. The number of nitrogens with zero attached hydrogens (tertiary/aromatic N) is 3. The summed E-state index contributed by atoms with van der Waals surface area (Å²) >= 11 is 0. The first-order valence-corrected chi connectivity index (χ1v) is 8.28. The predicted octanol–water partition coefficient (Wildman–Crippen LogP) is 0.0184. The molecule has 0 radical (unpaired) electrons. The zero-order chi connectivity index (χ0) is 18.5. The lowest BCUT2D eigenvalue weighted by molar-refractivity contribution is -0.122. The molecule has 1 saturated heterocycles. The van der Waals surface area contributed by atoms with Crippen molar-refractivity contribution in [2.24, 2.45) is 5.73 Å². The molecule has 1 atom stereocenters. The maximum atomic E-state index is 12.4. The van der Waals surface area contributed by atoms with E-state index in [4.69, 9.17) is 10.3 Å². The molecular formula is C17H19N5O4. The number of nitrogens with one attached hydrogen (secondary N) is 1. The van der Waals surface area contributed by atoms with Crippen molar-refractivity contribution in [3.8, 4) is 0 Å². The Morgan fingerprint density at radius 3 is 2.77 bits per heavy atom. The second-order valence-electron chi connectivity index (χ2n) is 6.01. The van der Waals surface area contributed by atoms with Gasteiger partial charge in [-0.25, -0.2) is 0 Å². The van der Waals surface area contributed by atoms with Gasteiger partial charge in [0.05, 0.1) is 6.42 Å². The van der Waals surface area contributed by atoms with Crippen LogP contribution < -0.4 is 11.1 Å². The second kappa shape index (κ2) is 7.77. The van der Waals surface area contributed by atoms with E-state index >= 15 is 0 Å². The van der Waals surface area contributed by atoms with Gasteiger partial charge < -0.3 is 20.5 Å². The number of nitrogens with two attached hydrogens (primary N) is 1. The molecule has 0 aliphatic carbocycles. The van der Waals surface area contributed by atoms with Crippen LogP contribution in [0.1, 0.15) is 34.9 Å². The van der Waals surface area contributed by atoms with Crippen molar-refractivity contribution in [2.45, 2.75) is 31.8 Å². The molecule has 3 rings (SSSR count). The molecule has 2 aromatic rings. The van der Waals surface area contributed by atoms with Gasteiger partial charge in [-0.2, -0.15) is 4.98 Å². The summed E-state index contributed by atoms with van der Waals surface area (Å²) in [6.45, 7) is 0.791. The number of hydrogen-bond donors (Lipinski definition) is 2. The van der Waals surface area contributed by atoms with Crippen molar-refractivity contribution in [2.75, 3.05) is 6.54 Å². The highest BCUT2D eigenvalue weighted by atomic mass is 16.5. The Bertz CT molecular complexity index is 804. The van der Waals surface area contributed by atoms with Crippen molar-refractivity contribution in [3.63, 3.8) is 0 Å². The molecule has 1 fully saturated rings. The number of carbonyl (C=O) groups excluding carboxylic acids is 3. The maximum Gasteiger partial charge on any atom is 0.316 e. The quantitative estimate of drug-likeness (QED) is 0.749. The van der Waals surface area contributed by atoms with E-state index in [0.717, 1.165) is 5.56 Å². The molecule has 9 heteroatoms. The van der Waals surface area contributed by atoms with Crippen LogP contribution in [0.2, 0.25) is 0 Å². The van der Waals surface area contributed by atoms with Gasteiger partial charge in [0.2, 0.25) is 11.8 Å². The van der Waals surface area contributed by atoms with E-state index in [1.54, 1.807) is 0 Å². The molecule has 9 nitrogen and oxygen atoms in total. The molecule has 0 saturated carbocycles. The van der Waals surface area contributed by atoms with Crippen LogP contribution >= 0.6 is 0 Å². The maximum absolute atomic E-state index is 12.4. The fourth-order valence-electron chi connectivity index (χ4n) is 2.84. The Morgan fingerprint density at radius 2 is 2.04 bits per heavy atom. The highest BCUT2D eigenvalue weighted by Gasteiger charge is 2.35. The molecule has 1 aromatic heterocycles. The van der Waals surface area contributed by atoms with E-state index in [1.165, 1.54) is 4.90 Å². The molecular weight excluding hydrogens is 338 g/mol. The molecule has 136 valence electrons. The first-order valence-electron chi connectivity index (χ1n) is 8.28. The standard InChI is InChI=1S/C17H19N5O4/c18-15(24)12-7-4-8-22(12)17(25)16-20-13(21-26-16)9-14(23)19-10-11-5-2-1-3-6-11/h1-3,5-6,12H,4,7-10H2,(H2,18,24)(H,19,23)/t12-/m0/s1. The normalized spacial score (nSPS) is 16.5. The average molecular weight is 357 g/mol. The van der Waals surface area contributed by atoms with Gasteiger partial charge >= 0.3 is 11.8 Å². The van der Waals surface area contributed by atoms with Crippen LogP contribution in [-0.2, 0) is 22.6 Å². The molecule has 3 amide bonds. The smallest absolute Gasteiger partial charge is 0.316 e. The van der Waals surface area contributed by atoms with Crippen molar-refractivity contribution in [1.29, 1.82) is 0 Å². The summed E-state index contributed by atoms with van der Waals surface area (Å²) in [7, 11) is 0. The third kappa shape index (κ3) is 4.05. The summed E-state index contributed by atoms with van der Waals surface area (Å²) in [6, 6.07) is 8.80. The average Bonchev–Trinajstić information content (AvgIpc) is 3.30. The summed E-state index contributed by atoms with van der Waals surface area (Å²) in [6.07, 6.45) is 1.09. The van der Waals surface area contributed by atoms with Gasteiger partial charge in [0.15, 0.2) is 5.82 Å². The first-order chi connectivity index (χ1) is 12.5. The Kier molecular flexibility index (Phi) is 5.26. The topological polar surface area (TPSA) is 131 Å². The van der Waals surface area contributed by atoms with Crippen LogP contribution in [0.4, 0.5) is 0 Å². The first kappa shape index (κ1) is 17.6. The van der Waals surface area contributed by atoms with E-state index in [1.807, 2.05) is 30.3 Å². The highest BCUT2D eigenvalue weighted by Crippen LogP contribution is 2.19. The van der Waals surface area contributed by atoms with E-state index in [2.05, 4.69) is 15.5 Å². The number of amides is 3. The molecule has 26 heavy (non-hydrogen) atoms. The van der Waals surface area contributed by atoms with Crippen molar-refractivity contribution in [1.82, 2.24) is 20.4 Å². The summed E-state index contributed by atoms with van der Waals surface area (Å²) in [4.78, 5) is 41.1. The molecule has 0 spiro atoms. The number of primary amides is 1. The number of benzene rings is 1. The van der Waals surface area contributed by atoms with Crippen molar-refractivity contribution >= 4 is 17.7 Å². The van der Waals surface area contributed by atoms with Gasteiger partial charge in [-0.3, -0.25) is 14.4 Å². The lowest BCUT2D eigenvalue weighted by atomic mass is 10.2. The van der Waals surface area contributed by atoms with E-state index in [9.17, 15) is 14.4 Å². The molecule has 0 bridgehead atoms. The predicted molar refractivity (Wildman–Crippen MR) is 89.5 cm³/mol. The lowest BCUT2D eigenvalue weighted by Crippen LogP contribution is -2.43. The molecule has 1 aliphatic rings. The van der Waals surface area contributed by atoms with Crippen molar-refractivity contribution < 1.29 is 18.9 Å². The van der Waals surface area contributed by atoms with Crippen molar-refractivity contribution in [3.05, 3.63) is 47.6 Å². The van der Waals surface area contributed by atoms with Crippen LogP contribution in [0.15, 0.2) is 34.9 Å². The number of likely N-dealkylation sites (tertiary alicyclic amines) is 1. The van der Waals surface area contributed by atoms with Crippen LogP contribution in [0.5, 0.6) is 0 Å². The minimum absolute atomic E-state index is 0.105. The van der Waals surface area contributed by atoms with Crippen LogP contribution in [0.3, 0.4) is 0 Å². The van der Waals surface area contributed by atoms with Gasteiger partial charge in [-0.15, -0.1) is 0 Å². The van der Waals surface area contributed by atoms with Gasteiger partial charge in [0.1, 0.15) is 6.04 Å². The SMILES string of the molecule is NC(=O)[C@@H]1CCCN1C(=O)c1nc(CC(=O)NCc2ccccc2)no1. The third-order valence-electron chi connectivity index (χ3n) is 4.14. The van der Waals surface area contributed by atoms with E-state index < -0.39 is 17.9 Å². The van der Waals surface area contributed by atoms with Crippen LogP contribution in [0.25, 0.3) is 0 Å². The Morgan fingerprint density at radius 1 is 1.27 bits per heavy atom. The Balaban J connectivity index is 1.56. The zero-order valence-electron chi connectivity index (χ0n) is 14.1. The zero-order valence-corrected chi connectivity index (χ0v) is 14.1. The van der Waals surface area contributed by atoms with Gasteiger partial charge in [0, 0.05) is 13.1 Å². The van der Waals surface area contributed by atoms with Gasteiger partial charge in [0.25, 0.3) is 0 Å².